The zero-order valence-electron chi connectivity index (χ0n) is 19.3. The molecule has 0 spiro atoms. The quantitative estimate of drug-likeness (QED) is 0.443. The van der Waals surface area contributed by atoms with Gasteiger partial charge in [0.05, 0.1) is 0 Å². The third kappa shape index (κ3) is 9.15. The van der Waals surface area contributed by atoms with Gasteiger partial charge in [0.2, 0.25) is 5.91 Å². The molecule has 0 aliphatic rings. The summed E-state index contributed by atoms with van der Waals surface area (Å²) in [7, 11) is 3.68. The molecule has 168 valence electrons. The molecule has 30 heavy (non-hydrogen) atoms. The number of amides is 2. The Kier molecular flexibility index (Phi) is 9.62. The Morgan fingerprint density at radius 2 is 1.80 bits per heavy atom. The second-order valence-corrected chi connectivity index (χ2v) is 8.67. The van der Waals surface area contributed by atoms with E-state index in [1.165, 1.54) is 0 Å². The molecule has 1 aromatic rings. The highest BCUT2D eigenvalue weighted by molar-refractivity contribution is 5.92. The molecule has 8 nitrogen and oxygen atoms in total. The predicted octanol–water partition coefficient (Wildman–Crippen LogP) is 2.73. The average molecular weight is 420 g/mol. The Hall–Kier alpha value is -2.77. The number of hydrogen-bond acceptors (Lipinski definition) is 4. The lowest BCUT2D eigenvalue weighted by atomic mass is 10.0. The van der Waals surface area contributed by atoms with Gasteiger partial charge in [-0.3, -0.25) is 9.79 Å². The summed E-state index contributed by atoms with van der Waals surface area (Å²) < 4.78 is 5.38. The van der Waals surface area contributed by atoms with Crippen LogP contribution >= 0.6 is 0 Å². The van der Waals surface area contributed by atoms with Gasteiger partial charge in [-0.15, -0.1) is 0 Å². The lowest BCUT2D eigenvalue weighted by Crippen LogP contribution is -2.45. The van der Waals surface area contributed by atoms with Crippen molar-refractivity contribution in [1.29, 1.82) is 0 Å². The molecule has 2 amide bonds. The second-order valence-electron chi connectivity index (χ2n) is 8.67. The van der Waals surface area contributed by atoms with Crippen LogP contribution in [0, 0.1) is 5.92 Å². The standard InChI is InChI=1S/C22H37N5O3/c1-15(2)18(26-21(29)30-22(3,4)5)12-13-27(7)20(24-6)25-14-16-8-10-17(11-9-16)19(23)28/h8-11,15,18H,12-14H2,1-7H3,(H2,23,28)(H,24,25)(H,26,29). The minimum absolute atomic E-state index is 0.0123. The lowest BCUT2D eigenvalue weighted by Gasteiger charge is -2.28. The van der Waals surface area contributed by atoms with Gasteiger partial charge in [-0.2, -0.15) is 0 Å². The van der Waals surface area contributed by atoms with E-state index in [1.54, 1.807) is 19.2 Å². The van der Waals surface area contributed by atoms with Gasteiger partial charge >= 0.3 is 6.09 Å². The van der Waals surface area contributed by atoms with E-state index < -0.39 is 17.6 Å². The van der Waals surface area contributed by atoms with E-state index in [9.17, 15) is 9.59 Å². The number of benzene rings is 1. The molecule has 0 heterocycles. The van der Waals surface area contributed by atoms with Crippen LogP contribution in [0.1, 0.15) is 57.0 Å². The van der Waals surface area contributed by atoms with Gasteiger partial charge in [0.15, 0.2) is 5.96 Å². The number of nitrogens with two attached hydrogens (primary N) is 1. The number of nitrogens with one attached hydrogen (secondary N) is 2. The molecule has 1 aromatic carbocycles. The van der Waals surface area contributed by atoms with Crippen LogP contribution in [0.2, 0.25) is 0 Å². The molecule has 8 heteroatoms. The van der Waals surface area contributed by atoms with Crippen LogP contribution in [-0.4, -0.2) is 55.1 Å². The Bertz CT molecular complexity index is 723. The molecule has 4 N–H and O–H groups in total. The largest absolute Gasteiger partial charge is 0.444 e. The highest BCUT2D eigenvalue weighted by atomic mass is 16.6. The van der Waals surface area contributed by atoms with E-state index in [1.807, 2.05) is 44.9 Å². The summed E-state index contributed by atoms with van der Waals surface area (Å²) in [6, 6.07) is 7.13. The van der Waals surface area contributed by atoms with Crippen molar-refractivity contribution in [3.63, 3.8) is 0 Å². The van der Waals surface area contributed by atoms with Crippen molar-refractivity contribution in [2.45, 2.75) is 59.2 Å². The Balaban J connectivity index is 2.59. The molecule has 0 saturated carbocycles. The number of hydrogen-bond donors (Lipinski definition) is 3. The minimum Gasteiger partial charge on any atom is -0.444 e. The topological polar surface area (TPSA) is 109 Å². The number of ether oxygens (including phenoxy) is 1. The van der Waals surface area contributed by atoms with E-state index in [4.69, 9.17) is 10.5 Å². The number of carbonyl (C=O) groups is 2. The zero-order chi connectivity index (χ0) is 22.9. The van der Waals surface area contributed by atoms with Gasteiger partial charge in [0.1, 0.15) is 5.60 Å². The molecule has 0 bridgehead atoms. The number of alkyl carbamates (subject to hydrolysis) is 1. The fourth-order valence-corrected chi connectivity index (χ4v) is 2.82. The molecular formula is C22H37N5O3. The smallest absolute Gasteiger partial charge is 0.407 e. The van der Waals surface area contributed by atoms with Gasteiger partial charge in [-0.05, 0) is 50.8 Å². The molecule has 0 aromatic heterocycles. The van der Waals surface area contributed by atoms with Crippen molar-refractivity contribution in [2.75, 3.05) is 20.6 Å². The van der Waals surface area contributed by atoms with Crippen LogP contribution in [0.5, 0.6) is 0 Å². The fourth-order valence-electron chi connectivity index (χ4n) is 2.82. The number of carbonyl (C=O) groups excluding carboxylic acids is 2. The van der Waals surface area contributed by atoms with Crippen LogP contribution in [0.3, 0.4) is 0 Å². The van der Waals surface area contributed by atoms with Crippen LogP contribution in [0.25, 0.3) is 0 Å². The Morgan fingerprint density at radius 3 is 2.27 bits per heavy atom. The van der Waals surface area contributed by atoms with Gasteiger partial charge in [0, 0.05) is 38.8 Å². The number of primary amides is 1. The average Bonchev–Trinajstić information content (AvgIpc) is 2.64. The van der Waals surface area contributed by atoms with E-state index in [0.717, 1.165) is 17.9 Å². The van der Waals surface area contributed by atoms with Gasteiger partial charge in [-0.1, -0.05) is 26.0 Å². The summed E-state index contributed by atoms with van der Waals surface area (Å²) in [6.45, 7) is 11.0. The van der Waals surface area contributed by atoms with Gasteiger partial charge < -0.3 is 26.0 Å². The van der Waals surface area contributed by atoms with E-state index >= 15 is 0 Å². The molecule has 0 aliphatic carbocycles. The summed E-state index contributed by atoms with van der Waals surface area (Å²) in [5, 5.41) is 6.28. The van der Waals surface area contributed by atoms with Crippen LogP contribution in [0.4, 0.5) is 4.79 Å². The third-order valence-electron chi connectivity index (χ3n) is 4.54. The van der Waals surface area contributed by atoms with Crippen molar-refractivity contribution >= 4 is 18.0 Å². The highest BCUT2D eigenvalue weighted by Gasteiger charge is 2.22. The molecule has 1 rings (SSSR count). The van der Waals surface area contributed by atoms with Crippen molar-refractivity contribution in [2.24, 2.45) is 16.6 Å². The molecule has 1 unspecified atom stereocenters. The Labute approximate surface area is 180 Å². The maximum Gasteiger partial charge on any atom is 0.407 e. The predicted molar refractivity (Wildman–Crippen MR) is 120 cm³/mol. The molecule has 1 atom stereocenters. The zero-order valence-corrected chi connectivity index (χ0v) is 19.3. The SMILES string of the molecule is CN=C(NCc1ccc(C(N)=O)cc1)N(C)CCC(NC(=O)OC(C)(C)C)C(C)C. The highest BCUT2D eigenvalue weighted by Crippen LogP contribution is 2.11. The molecule has 0 radical (unpaired) electrons. The molecule has 0 aliphatic heterocycles. The maximum atomic E-state index is 12.1. The first-order valence-corrected chi connectivity index (χ1v) is 10.2. The summed E-state index contributed by atoms with van der Waals surface area (Å²) in [5.74, 6) is 0.572. The first-order valence-electron chi connectivity index (χ1n) is 10.2. The number of rotatable bonds is 8. The van der Waals surface area contributed by atoms with Crippen molar-refractivity contribution < 1.29 is 14.3 Å². The van der Waals surface area contributed by atoms with E-state index in [2.05, 4.69) is 29.5 Å². The van der Waals surface area contributed by atoms with Crippen LogP contribution in [0.15, 0.2) is 29.3 Å². The van der Waals surface area contributed by atoms with Crippen molar-refractivity contribution in [3.05, 3.63) is 35.4 Å². The molecule has 0 saturated heterocycles. The van der Waals surface area contributed by atoms with Gasteiger partial charge in [0.25, 0.3) is 0 Å². The van der Waals surface area contributed by atoms with E-state index in [-0.39, 0.29) is 12.0 Å². The molecular weight excluding hydrogens is 382 g/mol. The first-order chi connectivity index (χ1) is 13.9. The fraction of sp³-hybridized carbons (Fsp3) is 0.591. The number of aliphatic imine (C=N–C) groups is 1. The van der Waals surface area contributed by atoms with Crippen molar-refractivity contribution in [3.8, 4) is 0 Å². The lowest BCUT2D eigenvalue weighted by molar-refractivity contribution is 0.0485. The summed E-state index contributed by atoms with van der Waals surface area (Å²) in [5.41, 5.74) is 6.25. The molecule has 0 fully saturated rings. The van der Waals surface area contributed by atoms with E-state index in [0.29, 0.717) is 18.7 Å². The monoisotopic (exact) mass is 419 g/mol. The third-order valence-corrected chi connectivity index (χ3v) is 4.54. The maximum absolute atomic E-state index is 12.1. The summed E-state index contributed by atoms with van der Waals surface area (Å²) in [6.07, 6.45) is 0.354. The minimum atomic E-state index is -0.524. The number of nitrogens with zero attached hydrogens (tertiary/aromatic N) is 2. The van der Waals surface area contributed by atoms with Crippen LogP contribution < -0.4 is 16.4 Å². The van der Waals surface area contributed by atoms with Crippen LogP contribution in [-0.2, 0) is 11.3 Å². The normalized spacial score (nSPS) is 13.0. The number of guanidine groups is 1. The van der Waals surface area contributed by atoms with Crippen molar-refractivity contribution in [1.82, 2.24) is 15.5 Å². The first kappa shape index (κ1) is 25.3. The Morgan fingerprint density at radius 1 is 1.20 bits per heavy atom. The second kappa shape index (κ2) is 11.4. The summed E-state index contributed by atoms with van der Waals surface area (Å²) >= 11 is 0. The van der Waals surface area contributed by atoms with Gasteiger partial charge in [-0.25, -0.2) is 4.79 Å². The summed E-state index contributed by atoms with van der Waals surface area (Å²) in [4.78, 5) is 29.6.